The van der Waals surface area contributed by atoms with Crippen LogP contribution < -0.4 is 4.74 Å². The number of aromatic nitrogens is 1. The van der Waals surface area contributed by atoms with Gasteiger partial charge in [0.05, 0.1) is 6.61 Å². The highest BCUT2D eigenvalue weighted by molar-refractivity contribution is 5.09. The van der Waals surface area contributed by atoms with Gasteiger partial charge >= 0.3 is 0 Å². The van der Waals surface area contributed by atoms with Gasteiger partial charge in [0.1, 0.15) is 0 Å². The number of ether oxygens (including phenoxy) is 2. The largest absolute Gasteiger partial charge is 0.448 e. The average Bonchev–Trinajstić information content (AvgIpc) is 2.21. The Morgan fingerprint density at radius 2 is 2.38 bits per heavy atom. The molecule has 1 unspecified atom stereocenters. The first-order chi connectivity index (χ1) is 6.45. The van der Waals surface area contributed by atoms with Gasteiger partial charge in [-0.3, -0.25) is 0 Å². The summed E-state index contributed by atoms with van der Waals surface area (Å²) in [6.07, 6.45) is 4.91. The third kappa shape index (κ3) is 2.42. The van der Waals surface area contributed by atoms with E-state index >= 15 is 0 Å². The van der Waals surface area contributed by atoms with Crippen molar-refractivity contribution in [3.63, 3.8) is 0 Å². The van der Waals surface area contributed by atoms with Gasteiger partial charge in [0, 0.05) is 18.7 Å². The molecule has 3 heteroatoms. The van der Waals surface area contributed by atoms with E-state index in [1.807, 2.05) is 18.2 Å². The molecule has 0 saturated carbocycles. The summed E-state index contributed by atoms with van der Waals surface area (Å²) in [4.78, 5) is 4.07. The summed E-state index contributed by atoms with van der Waals surface area (Å²) >= 11 is 0. The number of hydrogen-bond acceptors (Lipinski definition) is 3. The van der Waals surface area contributed by atoms with E-state index in [4.69, 9.17) is 9.47 Å². The van der Waals surface area contributed by atoms with Crippen LogP contribution in [0.2, 0.25) is 0 Å². The van der Waals surface area contributed by atoms with Crippen LogP contribution in [0.3, 0.4) is 0 Å². The van der Waals surface area contributed by atoms with Gasteiger partial charge in [-0.05, 0) is 18.9 Å². The SMILES string of the molecule is c1ccc(OC2CCCCO2)nc1. The predicted molar refractivity (Wildman–Crippen MR) is 48.5 cm³/mol. The van der Waals surface area contributed by atoms with Crippen LogP contribution in [0.4, 0.5) is 0 Å². The molecular formula is C10H13NO2. The quantitative estimate of drug-likeness (QED) is 0.695. The Hall–Kier alpha value is -1.09. The summed E-state index contributed by atoms with van der Waals surface area (Å²) in [6.45, 7) is 0.803. The average molecular weight is 179 g/mol. The molecule has 1 aliphatic heterocycles. The van der Waals surface area contributed by atoms with Crippen molar-refractivity contribution in [1.29, 1.82) is 0 Å². The number of nitrogens with zero attached hydrogens (tertiary/aromatic N) is 1. The summed E-state index contributed by atoms with van der Waals surface area (Å²) in [5.41, 5.74) is 0. The minimum Gasteiger partial charge on any atom is -0.448 e. The molecule has 1 aliphatic rings. The fourth-order valence-corrected chi connectivity index (χ4v) is 1.36. The van der Waals surface area contributed by atoms with Crippen LogP contribution in [0.1, 0.15) is 19.3 Å². The Morgan fingerprint density at radius 1 is 1.38 bits per heavy atom. The molecule has 2 heterocycles. The monoisotopic (exact) mass is 179 g/mol. The van der Waals surface area contributed by atoms with Crippen molar-refractivity contribution in [2.45, 2.75) is 25.6 Å². The van der Waals surface area contributed by atoms with Gasteiger partial charge < -0.3 is 9.47 Å². The molecule has 0 bridgehead atoms. The maximum atomic E-state index is 5.52. The van der Waals surface area contributed by atoms with Crippen LogP contribution in [0.5, 0.6) is 5.88 Å². The first kappa shape index (κ1) is 8.51. The molecule has 1 atom stereocenters. The molecule has 13 heavy (non-hydrogen) atoms. The highest BCUT2D eigenvalue weighted by Gasteiger charge is 2.15. The van der Waals surface area contributed by atoms with Crippen LogP contribution in [-0.2, 0) is 4.74 Å². The lowest BCUT2D eigenvalue weighted by Crippen LogP contribution is -2.25. The minimum absolute atomic E-state index is 0.0938. The molecule has 2 rings (SSSR count). The molecule has 1 saturated heterocycles. The van der Waals surface area contributed by atoms with Gasteiger partial charge in [-0.15, -0.1) is 0 Å². The summed E-state index contributed by atoms with van der Waals surface area (Å²) in [5.74, 6) is 0.648. The van der Waals surface area contributed by atoms with E-state index in [9.17, 15) is 0 Å². The van der Waals surface area contributed by atoms with E-state index in [-0.39, 0.29) is 6.29 Å². The van der Waals surface area contributed by atoms with Crippen LogP contribution in [0.25, 0.3) is 0 Å². The van der Waals surface area contributed by atoms with Gasteiger partial charge in [-0.2, -0.15) is 0 Å². The molecule has 1 aromatic heterocycles. The third-order valence-electron chi connectivity index (χ3n) is 2.03. The van der Waals surface area contributed by atoms with E-state index in [1.54, 1.807) is 6.20 Å². The lowest BCUT2D eigenvalue weighted by molar-refractivity contribution is -0.107. The van der Waals surface area contributed by atoms with Crippen molar-refractivity contribution < 1.29 is 9.47 Å². The van der Waals surface area contributed by atoms with Crippen LogP contribution in [-0.4, -0.2) is 17.9 Å². The lowest BCUT2D eigenvalue weighted by Gasteiger charge is -2.22. The van der Waals surface area contributed by atoms with Gasteiger partial charge in [0.15, 0.2) is 0 Å². The summed E-state index contributed by atoms with van der Waals surface area (Å²) in [7, 11) is 0. The zero-order valence-corrected chi connectivity index (χ0v) is 7.48. The zero-order valence-electron chi connectivity index (χ0n) is 7.48. The van der Waals surface area contributed by atoms with Crippen molar-refractivity contribution in [3.05, 3.63) is 24.4 Å². The second-order valence-electron chi connectivity index (χ2n) is 3.08. The fourth-order valence-electron chi connectivity index (χ4n) is 1.36. The van der Waals surface area contributed by atoms with Crippen LogP contribution in [0, 0.1) is 0 Å². The van der Waals surface area contributed by atoms with Crippen molar-refractivity contribution in [2.75, 3.05) is 6.61 Å². The van der Waals surface area contributed by atoms with Crippen molar-refractivity contribution in [1.82, 2.24) is 4.98 Å². The smallest absolute Gasteiger partial charge is 0.215 e. The van der Waals surface area contributed by atoms with Crippen molar-refractivity contribution in [2.24, 2.45) is 0 Å². The lowest BCUT2D eigenvalue weighted by atomic mass is 10.2. The summed E-state index contributed by atoms with van der Waals surface area (Å²) in [6, 6.07) is 5.62. The fraction of sp³-hybridized carbons (Fsp3) is 0.500. The molecule has 0 radical (unpaired) electrons. The van der Waals surface area contributed by atoms with E-state index in [1.165, 1.54) is 6.42 Å². The van der Waals surface area contributed by atoms with Gasteiger partial charge in [0.25, 0.3) is 0 Å². The predicted octanol–water partition coefficient (Wildman–Crippen LogP) is 1.99. The molecule has 3 nitrogen and oxygen atoms in total. The Balaban J connectivity index is 1.90. The molecule has 0 spiro atoms. The first-order valence-corrected chi connectivity index (χ1v) is 4.64. The number of rotatable bonds is 2. The van der Waals surface area contributed by atoms with Crippen molar-refractivity contribution in [3.8, 4) is 5.88 Å². The topological polar surface area (TPSA) is 31.4 Å². The first-order valence-electron chi connectivity index (χ1n) is 4.64. The molecule has 0 aromatic carbocycles. The molecule has 1 aromatic rings. The van der Waals surface area contributed by atoms with Gasteiger partial charge in [-0.1, -0.05) is 6.07 Å². The maximum Gasteiger partial charge on any atom is 0.215 e. The number of pyridine rings is 1. The normalized spacial score (nSPS) is 22.6. The molecule has 0 N–H and O–H groups in total. The third-order valence-corrected chi connectivity index (χ3v) is 2.03. The van der Waals surface area contributed by atoms with E-state index in [0.29, 0.717) is 5.88 Å². The number of hydrogen-bond donors (Lipinski definition) is 0. The Kier molecular flexibility index (Phi) is 2.77. The maximum absolute atomic E-state index is 5.52. The van der Waals surface area contributed by atoms with E-state index < -0.39 is 0 Å². The van der Waals surface area contributed by atoms with E-state index in [0.717, 1.165) is 19.4 Å². The van der Waals surface area contributed by atoms with Crippen LogP contribution in [0.15, 0.2) is 24.4 Å². The zero-order chi connectivity index (χ0) is 8.93. The molecular weight excluding hydrogens is 166 g/mol. The second-order valence-corrected chi connectivity index (χ2v) is 3.08. The minimum atomic E-state index is -0.0938. The Labute approximate surface area is 77.7 Å². The summed E-state index contributed by atoms with van der Waals surface area (Å²) in [5, 5.41) is 0. The van der Waals surface area contributed by atoms with Crippen molar-refractivity contribution >= 4 is 0 Å². The summed E-state index contributed by atoms with van der Waals surface area (Å²) < 4.78 is 10.9. The molecule has 1 fully saturated rings. The Morgan fingerprint density at radius 3 is 3.08 bits per heavy atom. The van der Waals surface area contributed by atoms with Gasteiger partial charge in [0.2, 0.25) is 12.2 Å². The Bertz CT molecular complexity index is 244. The second kappa shape index (κ2) is 4.23. The standard InChI is InChI=1S/C10H13NO2/c1-3-7-11-9(5-1)13-10-6-2-4-8-12-10/h1,3,5,7,10H,2,4,6,8H2. The van der Waals surface area contributed by atoms with Gasteiger partial charge in [-0.25, -0.2) is 4.98 Å². The molecule has 0 amide bonds. The van der Waals surface area contributed by atoms with Crippen LogP contribution >= 0.6 is 0 Å². The van der Waals surface area contributed by atoms with E-state index in [2.05, 4.69) is 4.98 Å². The molecule has 0 aliphatic carbocycles. The highest BCUT2D eigenvalue weighted by Crippen LogP contribution is 2.16. The highest BCUT2D eigenvalue weighted by atomic mass is 16.7. The molecule has 70 valence electrons.